The molecular weight excluding hydrogens is 1620 g/mol. The fraction of sp³-hybridized carbons (Fsp3) is 0.492. The van der Waals surface area contributed by atoms with Crippen molar-refractivity contribution in [2.45, 2.75) is 373 Å². The van der Waals surface area contributed by atoms with Gasteiger partial charge < -0.3 is 5.48 Å². The third-order valence-corrected chi connectivity index (χ3v) is 22.3. The van der Waals surface area contributed by atoms with Crippen LogP contribution in [0.25, 0.3) is 0 Å². The zero-order valence-corrected chi connectivity index (χ0v) is 83.4. The molecule has 2 N–H and O–H groups in total. The molecule has 2 heteroatoms. The Bertz CT molecular complexity index is 5610. The van der Waals surface area contributed by atoms with E-state index in [1.54, 1.807) is 45.1 Å². The molecule has 680 valence electrons. The Morgan fingerprint density at radius 3 is 0.769 bits per heavy atom. The Hall–Kier alpha value is -14.7. The monoisotopic (exact) mass is 1760 g/mol. The molecule has 0 aromatic heterocycles. The Balaban J connectivity index is -0.000000843. The maximum Gasteiger partial charge on any atom is 0.162 e. The third-order valence-electron chi connectivity index (χ3n) is 22.3. The molecule has 2 rings (SSSR count). The van der Waals surface area contributed by atoms with Gasteiger partial charge in [-0.15, -0.1) is 12.8 Å². The summed E-state index contributed by atoms with van der Waals surface area (Å²) >= 11 is 0. The number of Topliss-reactive ketones (excluding diaryl/α,β-unsaturated/α-hetero) is 1. The van der Waals surface area contributed by atoms with Crippen LogP contribution >= 0.6 is 0 Å². The summed E-state index contributed by atoms with van der Waals surface area (Å²) in [5.41, 5.74) is 3.86. The molecule has 2 aliphatic carbocycles. The molecular formula is C132H140O2. The van der Waals surface area contributed by atoms with E-state index in [9.17, 15) is 4.79 Å². The maximum atomic E-state index is 14.4. The zero-order chi connectivity index (χ0) is 97.4. The fourth-order valence-electron chi connectivity index (χ4n) is 16.6. The van der Waals surface area contributed by atoms with Crippen molar-refractivity contribution in [1.29, 1.82) is 0 Å². The van der Waals surface area contributed by atoms with Crippen molar-refractivity contribution in [1.82, 2.24) is 0 Å². The van der Waals surface area contributed by atoms with E-state index in [0.717, 1.165) is 36.5 Å². The second-order valence-electron chi connectivity index (χ2n) is 31.5. The van der Waals surface area contributed by atoms with Gasteiger partial charge in [0.25, 0.3) is 0 Å². The highest BCUT2D eigenvalue weighted by atomic mass is 16.1. The average molecular weight is 1760 g/mol. The van der Waals surface area contributed by atoms with Crippen LogP contribution in [0.15, 0.2) is 11.1 Å². The molecule has 0 amide bonds. The van der Waals surface area contributed by atoms with Crippen LogP contribution in [0.3, 0.4) is 0 Å². The summed E-state index contributed by atoms with van der Waals surface area (Å²) in [6, 6.07) is 0. The van der Waals surface area contributed by atoms with E-state index >= 15 is 0 Å². The third kappa shape index (κ3) is 65.8. The number of hydrogen-bond donors (Lipinski definition) is 0. The summed E-state index contributed by atoms with van der Waals surface area (Å²) < 4.78 is 0. The first kappa shape index (κ1) is 123. The first-order valence-corrected chi connectivity index (χ1v) is 48.6. The van der Waals surface area contributed by atoms with Gasteiger partial charge in [-0.05, 0) is 339 Å². The first-order chi connectivity index (χ1) is 65.5. The number of ketones is 1. The molecule has 0 heterocycles. The molecule has 0 bridgehead atoms. The highest BCUT2D eigenvalue weighted by molar-refractivity contribution is 5.99. The molecule has 0 aromatic carbocycles. The molecule has 0 aliphatic heterocycles. The standard InChI is InChI=1S/C33H62O.C33H66.2C33H4.H2O.H2/c1-7-13-19-23-28-29(22-16-10-4)32(34)31(25-18-12-6)33(26-20-14-8-2,27-21-15-9-3)30(28)24-17-11-5;1-7-13-19-24-31-29(22-16-10-4)28-30(23-17-11-5)33(26-20-14-8-2,27-21-15-9-3)32(31)25-18-12-6;2*1-3-5-7-9-11-13-15-17-19-21-23-25-27-29-31-33-32-30-28-26-24-22-20-18-16-14-12-10-8-6-4-2;;/h30-31H,7-27H2,1-6H3;29-32H,7-28H2,1-6H3;2*1H,2H3;1H2;1H. The molecule has 2 aliphatic rings. The molecule has 134 heavy (non-hydrogen) atoms. The second kappa shape index (κ2) is 97.4. The van der Waals surface area contributed by atoms with E-state index in [1.165, 1.54) is 243 Å². The lowest BCUT2D eigenvalue weighted by atomic mass is 9.47. The predicted molar refractivity (Wildman–Crippen MR) is 572 cm³/mol. The summed E-state index contributed by atoms with van der Waals surface area (Å²) in [4.78, 5) is 14.4. The normalized spacial score (nSPS) is 13.2. The van der Waals surface area contributed by atoms with Gasteiger partial charge in [-0.1, -0.05) is 287 Å². The van der Waals surface area contributed by atoms with Gasteiger partial charge in [-0.25, -0.2) is 0 Å². The predicted octanol–water partition coefficient (Wildman–Crippen LogP) is 24.4. The highest BCUT2D eigenvalue weighted by Crippen LogP contribution is 2.62. The van der Waals surface area contributed by atoms with Gasteiger partial charge in [-0.3, -0.25) is 4.79 Å². The van der Waals surface area contributed by atoms with E-state index in [4.69, 9.17) is 12.8 Å². The minimum Gasteiger partial charge on any atom is -0.412 e. The van der Waals surface area contributed by atoms with E-state index < -0.39 is 0 Å². The molecule has 0 aromatic rings. The van der Waals surface area contributed by atoms with Gasteiger partial charge in [0.2, 0.25) is 0 Å². The second-order valence-corrected chi connectivity index (χ2v) is 31.5. The Kier molecular flexibility index (Phi) is 89.7. The molecule has 1 fully saturated rings. The SMILES string of the molecule is C#CC#CC#CC#CC#CC#CC#CC#CC#CC#CC#CC#CC#CC#CC#CC#CC.C#CC#CC#CC#CC#CC#CC#CC#CC#CC#CC#CC#CC#CC#CC#CC#CC.CCCCCC1=C(CCCC)C(=O)C(CCCC)C(CCCCC)(CCCCC)C1CCCC.CCCCCC1C(CCCC)CC(CCCC)C(CCCCC)(CCCCC)C1CCCC.O.[HH]. The van der Waals surface area contributed by atoms with Crippen LogP contribution in [0.4, 0.5) is 0 Å². The van der Waals surface area contributed by atoms with Gasteiger partial charge in [0, 0.05) is 173 Å². The highest BCUT2D eigenvalue weighted by Gasteiger charge is 2.54. The van der Waals surface area contributed by atoms with E-state index in [1.807, 2.05) is 0 Å². The summed E-state index contributed by atoms with van der Waals surface area (Å²) in [7, 11) is 0. The fourth-order valence-corrected chi connectivity index (χ4v) is 16.6. The van der Waals surface area contributed by atoms with Gasteiger partial charge >= 0.3 is 0 Å². The first-order valence-electron chi connectivity index (χ1n) is 48.6. The molecule has 2 nitrogen and oxygen atoms in total. The van der Waals surface area contributed by atoms with Crippen LogP contribution in [0.5, 0.6) is 0 Å². The number of unbranched alkanes of at least 4 members (excludes halogenated alkanes) is 18. The van der Waals surface area contributed by atoms with Crippen LogP contribution in [0.1, 0.15) is 374 Å². The van der Waals surface area contributed by atoms with Crippen molar-refractivity contribution >= 4 is 5.78 Å². The average Bonchev–Trinajstić information content (AvgIpc) is 0.734. The van der Waals surface area contributed by atoms with E-state index in [0.29, 0.717) is 17.1 Å². The zero-order valence-electron chi connectivity index (χ0n) is 83.4. The van der Waals surface area contributed by atoms with Crippen molar-refractivity contribution in [3.05, 3.63) is 11.1 Å². The number of allylic oxidation sites excluding steroid dienone is 2. The quantitative estimate of drug-likeness (QED) is 0.0444. The largest absolute Gasteiger partial charge is 0.412 e. The van der Waals surface area contributed by atoms with Crippen LogP contribution in [0, 0.1) is 426 Å². The van der Waals surface area contributed by atoms with Gasteiger partial charge in [-0.2, -0.15) is 0 Å². The number of rotatable bonds is 42. The molecule has 6 unspecified atom stereocenters. The Morgan fingerprint density at radius 1 is 0.246 bits per heavy atom. The lowest BCUT2D eigenvalue weighted by Gasteiger charge is -2.58. The Morgan fingerprint density at radius 2 is 0.485 bits per heavy atom. The lowest BCUT2D eigenvalue weighted by molar-refractivity contribution is -0.128. The van der Waals surface area contributed by atoms with Crippen molar-refractivity contribution in [2.24, 2.45) is 46.3 Å². The topological polar surface area (TPSA) is 48.6 Å². The molecule has 0 radical (unpaired) electrons. The van der Waals surface area contributed by atoms with E-state index in [2.05, 4.69) is 450 Å². The van der Waals surface area contributed by atoms with Crippen molar-refractivity contribution in [2.75, 3.05) is 0 Å². The smallest absolute Gasteiger partial charge is 0.162 e. The van der Waals surface area contributed by atoms with Gasteiger partial charge in [0.15, 0.2) is 5.78 Å². The number of hydrogen-bond acceptors (Lipinski definition) is 1. The number of carbonyl (C=O) groups is 1. The van der Waals surface area contributed by atoms with E-state index in [-0.39, 0.29) is 18.2 Å². The number of terminal acetylenes is 2. The summed E-state index contributed by atoms with van der Waals surface area (Å²) in [6.45, 7) is 31.8. The molecule has 0 saturated heterocycles. The summed E-state index contributed by atoms with van der Waals surface area (Å²) in [5, 5.41) is 0. The van der Waals surface area contributed by atoms with Crippen LogP contribution in [-0.2, 0) is 4.79 Å². The van der Waals surface area contributed by atoms with Crippen LogP contribution in [-0.4, -0.2) is 11.3 Å². The molecule has 1 saturated carbocycles. The van der Waals surface area contributed by atoms with Gasteiger partial charge in [0.05, 0.1) is 0 Å². The van der Waals surface area contributed by atoms with Crippen molar-refractivity contribution in [3.63, 3.8) is 0 Å². The van der Waals surface area contributed by atoms with Crippen molar-refractivity contribution < 1.29 is 11.7 Å². The minimum atomic E-state index is 0. The van der Waals surface area contributed by atoms with Crippen LogP contribution in [0.2, 0.25) is 0 Å². The van der Waals surface area contributed by atoms with Crippen molar-refractivity contribution in [3.8, 4) is 380 Å². The maximum absolute atomic E-state index is 14.4. The lowest BCUT2D eigenvalue weighted by Crippen LogP contribution is -2.49. The Labute approximate surface area is 822 Å². The summed E-state index contributed by atoms with van der Waals surface area (Å²) in [5.74, 6) is 159. The summed E-state index contributed by atoms with van der Waals surface area (Å²) in [6.07, 6.45) is 68.5. The van der Waals surface area contributed by atoms with Crippen LogP contribution < -0.4 is 0 Å². The number of carbonyl (C=O) groups excluding carboxylic acids is 1. The molecule has 0 spiro atoms. The molecule has 6 atom stereocenters. The minimum absolute atomic E-state index is 0. The van der Waals surface area contributed by atoms with Gasteiger partial charge in [0.1, 0.15) is 0 Å².